The summed E-state index contributed by atoms with van der Waals surface area (Å²) in [6.45, 7) is 5.27. The molecule has 0 bridgehead atoms. The van der Waals surface area contributed by atoms with Gasteiger partial charge in [0.15, 0.2) is 16.5 Å². The summed E-state index contributed by atoms with van der Waals surface area (Å²) in [5, 5.41) is 9.79. The number of carbonyl (C=O) groups is 1. The van der Waals surface area contributed by atoms with Gasteiger partial charge in [0.1, 0.15) is 17.4 Å². The van der Waals surface area contributed by atoms with Gasteiger partial charge in [-0.05, 0) is 42.7 Å². The predicted molar refractivity (Wildman–Crippen MR) is 145 cm³/mol. The Hall–Kier alpha value is -3.89. The van der Waals surface area contributed by atoms with E-state index in [2.05, 4.69) is 10.2 Å². The molecule has 4 aromatic rings. The highest BCUT2D eigenvalue weighted by Gasteiger charge is 2.44. The largest absolute Gasteiger partial charge is 0.483 e. The molecular formula is C29H27FN4O4S. The van der Waals surface area contributed by atoms with Crippen LogP contribution in [-0.4, -0.2) is 51.4 Å². The normalized spacial score (nSPS) is 18.2. The van der Waals surface area contributed by atoms with Crippen LogP contribution in [-0.2, 0) is 17.8 Å². The third-order valence-electron chi connectivity index (χ3n) is 7.35. The summed E-state index contributed by atoms with van der Waals surface area (Å²) in [6.07, 6.45) is 2.17. The van der Waals surface area contributed by atoms with Gasteiger partial charge in [0.25, 0.3) is 5.91 Å². The summed E-state index contributed by atoms with van der Waals surface area (Å²) in [6, 6.07) is 13.9. The lowest BCUT2D eigenvalue weighted by Gasteiger charge is -2.39. The van der Waals surface area contributed by atoms with Gasteiger partial charge in [-0.3, -0.25) is 9.59 Å². The molecule has 39 heavy (non-hydrogen) atoms. The molecule has 2 aromatic heterocycles. The van der Waals surface area contributed by atoms with E-state index < -0.39 is 5.43 Å². The van der Waals surface area contributed by atoms with Gasteiger partial charge in [-0.25, -0.2) is 4.39 Å². The van der Waals surface area contributed by atoms with Crippen LogP contribution in [0.2, 0.25) is 0 Å². The van der Waals surface area contributed by atoms with E-state index in [1.807, 2.05) is 48.7 Å². The molecule has 8 nitrogen and oxygen atoms in total. The van der Waals surface area contributed by atoms with Crippen LogP contribution in [0.25, 0.3) is 10.6 Å². The molecule has 4 heterocycles. The fourth-order valence-electron chi connectivity index (χ4n) is 5.31. The highest BCUT2D eigenvalue weighted by Crippen LogP contribution is 2.37. The lowest BCUT2D eigenvalue weighted by Crippen LogP contribution is -2.51. The van der Waals surface area contributed by atoms with Gasteiger partial charge in [0, 0.05) is 19.2 Å². The van der Waals surface area contributed by atoms with Gasteiger partial charge in [0.05, 0.1) is 30.9 Å². The third kappa shape index (κ3) is 4.63. The minimum Gasteiger partial charge on any atom is -0.483 e. The Morgan fingerprint density at radius 2 is 1.90 bits per heavy atom. The number of hydrogen-bond acceptors (Lipinski definition) is 7. The Morgan fingerprint density at radius 1 is 1.10 bits per heavy atom. The average molecular weight is 547 g/mol. The first-order chi connectivity index (χ1) is 18.9. The quantitative estimate of drug-likeness (QED) is 0.342. The number of ether oxygens (including phenoxy) is 2. The van der Waals surface area contributed by atoms with Crippen LogP contribution in [0.3, 0.4) is 0 Å². The predicted octanol–water partition coefficient (Wildman–Crippen LogP) is 4.40. The number of pyridine rings is 1. The number of carbonyl (C=O) groups excluding carboxylic acids is 1. The van der Waals surface area contributed by atoms with Gasteiger partial charge < -0.3 is 18.9 Å². The van der Waals surface area contributed by atoms with Crippen LogP contribution < -0.4 is 10.2 Å². The second kappa shape index (κ2) is 10.3. The molecule has 0 saturated carbocycles. The van der Waals surface area contributed by atoms with E-state index >= 15 is 0 Å². The number of amides is 1. The summed E-state index contributed by atoms with van der Waals surface area (Å²) < 4.78 is 27.3. The van der Waals surface area contributed by atoms with Crippen LogP contribution in [0.4, 0.5) is 4.39 Å². The van der Waals surface area contributed by atoms with Gasteiger partial charge in [0.2, 0.25) is 5.43 Å². The molecule has 0 spiro atoms. The number of aromatic nitrogens is 3. The number of likely N-dealkylation sites (N-methyl/N-ethyl adjacent to an activating group) is 1. The summed E-state index contributed by atoms with van der Waals surface area (Å²) >= 11 is 1.30. The van der Waals surface area contributed by atoms with Crippen molar-refractivity contribution in [1.82, 2.24) is 19.7 Å². The number of rotatable bonds is 7. The lowest BCUT2D eigenvalue weighted by molar-refractivity contribution is 0.0568. The molecule has 1 amide bonds. The molecule has 200 valence electrons. The Labute approximate surface area is 228 Å². The van der Waals surface area contributed by atoms with Crippen molar-refractivity contribution in [2.75, 3.05) is 19.8 Å². The van der Waals surface area contributed by atoms with E-state index in [1.165, 1.54) is 23.5 Å². The molecule has 0 radical (unpaired) electrons. The Morgan fingerprint density at radius 3 is 2.67 bits per heavy atom. The first kappa shape index (κ1) is 25.4. The van der Waals surface area contributed by atoms with Crippen LogP contribution in [0.5, 0.6) is 5.75 Å². The van der Waals surface area contributed by atoms with Gasteiger partial charge in [-0.15, -0.1) is 10.2 Å². The fraction of sp³-hybridized carbons (Fsp3) is 0.310. The van der Waals surface area contributed by atoms with Crippen molar-refractivity contribution in [3.63, 3.8) is 0 Å². The van der Waals surface area contributed by atoms with Gasteiger partial charge in [-0.2, -0.15) is 0 Å². The van der Waals surface area contributed by atoms with E-state index in [0.29, 0.717) is 41.8 Å². The van der Waals surface area contributed by atoms with Crippen molar-refractivity contribution in [3.05, 3.63) is 98.2 Å². The SMILES string of the molecule is CCN1C(=O)c2c(OCc3ccccc3)c(=O)c(-c3nnc(Cc4ccc(F)cc4C)s3)cn2C2COCC21. The second-order valence-corrected chi connectivity index (χ2v) is 10.8. The zero-order valence-electron chi connectivity index (χ0n) is 21.6. The maximum atomic E-state index is 13.9. The van der Waals surface area contributed by atoms with Crippen LogP contribution in [0.1, 0.15) is 45.2 Å². The molecular weight excluding hydrogens is 519 g/mol. The van der Waals surface area contributed by atoms with Crippen molar-refractivity contribution in [2.24, 2.45) is 0 Å². The Balaban J connectivity index is 1.43. The molecule has 0 N–H and O–H groups in total. The fourth-order valence-corrected chi connectivity index (χ4v) is 6.18. The van der Waals surface area contributed by atoms with Crippen molar-refractivity contribution < 1.29 is 18.7 Å². The van der Waals surface area contributed by atoms with Crippen molar-refractivity contribution in [2.45, 2.75) is 39.0 Å². The summed E-state index contributed by atoms with van der Waals surface area (Å²) in [5.74, 6) is -0.526. The summed E-state index contributed by atoms with van der Waals surface area (Å²) in [7, 11) is 0. The van der Waals surface area contributed by atoms with Crippen LogP contribution >= 0.6 is 11.3 Å². The molecule has 2 aliphatic heterocycles. The van der Waals surface area contributed by atoms with Crippen molar-refractivity contribution >= 4 is 17.2 Å². The smallest absolute Gasteiger partial charge is 0.274 e. The molecule has 0 aliphatic carbocycles. The minimum atomic E-state index is -0.403. The van der Waals surface area contributed by atoms with E-state index in [4.69, 9.17) is 9.47 Å². The van der Waals surface area contributed by atoms with Gasteiger partial charge in [-0.1, -0.05) is 47.7 Å². The third-order valence-corrected chi connectivity index (χ3v) is 8.30. The van der Waals surface area contributed by atoms with Crippen LogP contribution in [0.15, 0.2) is 59.5 Å². The molecule has 2 aliphatic rings. The number of halogens is 1. The molecule has 10 heteroatoms. The number of fused-ring (bicyclic) bond motifs is 3. The van der Waals surface area contributed by atoms with E-state index in [9.17, 15) is 14.0 Å². The Kier molecular flexibility index (Phi) is 6.74. The van der Waals surface area contributed by atoms with Crippen LogP contribution in [0, 0.1) is 12.7 Å². The standard InChI is InChI=1S/C29H27FN4O4S/c1-3-33-22-15-37-16-23(22)34-13-21(28-32-31-24(39-28)12-19-9-10-20(30)11-17(19)2)26(35)27(25(34)29(33)36)38-14-18-7-5-4-6-8-18/h4-11,13,22-23H,3,12,14-16H2,1-2H3. The molecule has 2 aromatic carbocycles. The van der Waals surface area contributed by atoms with Crippen molar-refractivity contribution in [1.29, 1.82) is 0 Å². The second-order valence-electron chi connectivity index (χ2n) is 9.74. The zero-order valence-corrected chi connectivity index (χ0v) is 22.4. The molecule has 2 atom stereocenters. The first-order valence-electron chi connectivity index (χ1n) is 12.9. The first-order valence-corrected chi connectivity index (χ1v) is 13.7. The number of nitrogens with zero attached hydrogens (tertiary/aromatic N) is 4. The van der Waals surface area contributed by atoms with Crippen molar-refractivity contribution in [3.8, 4) is 16.3 Å². The minimum absolute atomic E-state index is 0.0104. The highest BCUT2D eigenvalue weighted by molar-refractivity contribution is 7.14. The number of benzene rings is 2. The summed E-state index contributed by atoms with van der Waals surface area (Å²) in [4.78, 5) is 29.3. The highest BCUT2D eigenvalue weighted by atomic mass is 32.1. The van der Waals surface area contributed by atoms with E-state index in [0.717, 1.165) is 16.7 Å². The zero-order chi connectivity index (χ0) is 27.1. The lowest BCUT2D eigenvalue weighted by atomic mass is 10.0. The van der Waals surface area contributed by atoms with E-state index in [1.54, 1.807) is 17.2 Å². The molecule has 1 fully saturated rings. The number of aryl methyl sites for hydroxylation is 1. The maximum absolute atomic E-state index is 13.9. The maximum Gasteiger partial charge on any atom is 0.274 e. The molecule has 6 rings (SSSR count). The van der Waals surface area contributed by atoms with E-state index in [-0.39, 0.29) is 41.9 Å². The molecule has 1 saturated heterocycles. The monoisotopic (exact) mass is 546 g/mol. The topological polar surface area (TPSA) is 86.5 Å². The summed E-state index contributed by atoms with van der Waals surface area (Å²) in [5.41, 5.74) is 2.80. The van der Waals surface area contributed by atoms with Gasteiger partial charge >= 0.3 is 0 Å². The molecule has 2 unspecified atom stereocenters. The average Bonchev–Trinajstić information content (AvgIpc) is 3.61. The Bertz CT molecular complexity index is 1600. The number of hydrogen-bond donors (Lipinski definition) is 0.